The number of aliphatic hydroxyl groups is 1. The van der Waals surface area contributed by atoms with Crippen LogP contribution in [0.5, 0.6) is 0 Å². The molecular weight excluding hydrogens is 266 g/mol. The van der Waals surface area contributed by atoms with Crippen LogP contribution in [0.1, 0.15) is 31.7 Å². The van der Waals surface area contributed by atoms with E-state index in [2.05, 4.69) is 22.8 Å². The number of rotatable bonds is 9. The summed E-state index contributed by atoms with van der Waals surface area (Å²) < 4.78 is 0. The smallest absolute Gasteiger partial charge is 0.315 e. The Bertz CT molecular complexity index is 398. The minimum absolute atomic E-state index is 0.0188. The van der Waals surface area contributed by atoms with Gasteiger partial charge in [-0.2, -0.15) is 0 Å². The Balaban J connectivity index is 2.10. The largest absolute Gasteiger partial charge is 0.395 e. The summed E-state index contributed by atoms with van der Waals surface area (Å²) in [6.07, 6.45) is 3.37. The van der Waals surface area contributed by atoms with Gasteiger partial charge < -0.3 is 21.5 Å². The van der Waals surface area contributed by atoms with Crippen LogP contribution in [0.2, 0.25) is 0 Å². The van der Waals surface area contributed by atoms with Gasteiger partial charge in [-0.3, -0.25) is 0 Å². The van der Waals surface area contributed by atoms with Crippen molar-refractivity contribution < 1.29 is 9.90 Å². The molecule has 5 heteroatoms. The molecule has 0 spiro atoms. The highest BCUT2D eigenvalue weighted by Crippen LogP contribution is 2.02. The summed E-state index contributed by atoms with van der Waals surface area (Å²) in [6.45, 7) is 2.64. The minimum atomic E-state index is -0.148. The zero-order valence-electron chi connectivity index (χ0n) is 12.7. The first-order valence-corrected chi connectivity index (χ1v) is 7.56. The molecule has 0 heterocycles. The van der Waals surface area contributed by atoms with E-state index < -0.39 is 0 Å². The van der Waals surface area contributed by atoms with E-state index in [0.717, 1.165) is 25.7 Å². The molecule has 21 heavy (non-hydrogen) atoms. The average Bonchev–Trinajstić information content (AvgIpc) is 2.47. The van der Waals surface area contributed by atoms with Crippen LogP contribution in [-0.2, 0) is 6.42 Å². The second kappa shape index (κ2) is 10.2. The van der Waals surface area contributed by atoms with E-state index in [0.29, 0.717) is 6.54 Å². The lowest BCUT2D eigenvalue weighted by atomic mass is 10.1. The highest BCUT2D eigenvalue weighted by atomic mass is 16.3. The maximum absolute atomic E-state index is 11.7. The van der Waals surface area contributed by atoms with Crippen molar-refractivity contribution in [3.05, 3.63) is 35.9 Å². The molecule has 0 radical (unpaired) electrons. The van der Waals surface area contributed by atoms with Crippen molar-refractivity contribution >= 4 is 6.03 Å². The van der Waals surface area contributed by atoms with Crippen LogP contribution < -0.4 is 16.4 Å². The first-order valence-electron chi connectivity index (χ1n) is 7.56. The number of carbonyl (C=O) groups is 1. The standard InChI is InChI=1S/C16H27N3O2/c1-13(11-14-7-3-2-4-8-14)19-16(21)18-10-6-5-9-15(17)12-20/h2-4,7-8,13,15,20H,5-6,9-12,17H2,1H3,(H2,18,19,21). The summed E-state index contributed by atoms with van der Waals surface area (Å²) >= 11 is 0. The topological polar surface area (TPSA) is 87.4 Å². The van der Waals surface area contributed by atoms with Gasteiger partial charge in [-0.1, -0.05) is 36.8 Å². The molecule has 118 valence electrons. The molecule has 0 bridgehead atoms. The zero-order valence-corrected chi connectivity index (χ0v) is 12.7. The molecule has 1 aromatic rings. The Morgan fingerprint density at radius 1 is 1.29 bits per heavy atom. The third-order valence-electron chi connectivity index (χ3n) is 3.28. The van der Waals surface area contributed by atoms with Gasteiger partial charge in [0.1, 0.15) is 0 Å². The van der Waals surface area contributed by atoms with Gasteiger partial charge in [-0.05, 0) is 31.7 Å². The Morgan fingerprint density at radius 2 is 2.00 bits per heavy atom. The molecule has 1 rings (SSSR count). The van der Waals surface area contributed by atoms with Crippen LogP contribution in [0.15, 0.2) is 30.3 Å². The van der Waals surface area contributed by atoms with E-state index in [-0.39, 0.29) is 24.7 Å². The molecule has 5 N–H and O–H groups in total. The first-order chi connectivity index (χ1) is 10.1. The maximum atomic E-state index is 11.7. The van der Waals surface area contributed by atoms with Crippen molar-refractivity contribution in [2.75, 3.05) is 13.2 Å². The molecule has 2 unspecified atom stereocenters. The number of aliphatic hydroxyl groups excluding tert-OH is 1. The monoisotopic (exact) mass is 293 g/mol. The van der Waals surface area contributed by atoms with Crippen LogP contribution >= 0.6 is 0 Å². The molecule has 2 amide bonds. The predicted molar refractivity (Wildman–Crippen MR) is 85.1 cm³/mol. The molecule has 2 atom stereocenters. The fourth-order valence-corrected chi connectivity index (χ4v) is 2.12. The Hall–Kier alpha value is -1.59. The SMILES string of the molecule is CC(Cc1ccccc1)NC(=O)NCCCCC(N)CO. The van der Waals surface area contributed by atoms with Gasteiger partial charge in [0.25, 0.3) is 0 Å². The van der Waals surface area contributed by atoms with E-state index in [1.807, 2.05) is 25.1 Å². The second-order valence-electron chi connectivity index (χ2n) is 5.43. The Labute approximate surface area is 126 Å². The summed E-state index contributed by atoms with van der Waals surface area (Å²) in [6, 6.07) is 9.90. The third-order valence-corrected chi connectivity index (χ3v) is 3.28. The fraction of sp³-hybridized carbons (Fsp3) is 0.562. The number of nitrogens with two attached hydrogens (primary N) is 1. The maximum Gasteiger partial charge on any atom is 0.315 e. The summed E-state index contributed by atoms with van der Waals surface area (Å²) in [4.78, 5) is 11.7. The minimum Gasteiger partial charge on any atom is -0.395 e. The van der Waals surface area contributed by atoms with Crippen molar-refractivity contribution in [1.29, 1.82) is 0 Å². The fourth-order valence-electron chi connectivity index (χ4n) is 2.12. The molecule has 0 saturated carbocycles. The highest BCUT2D eigenvalue weighted by Gasteiger charge is 2.07. The van der Waals surface area contributed by atoms with Crippen LogP contribution in [0.3, 0.4) is 0 Å². The molecule has 1 aromatic carbocycles. The molecule has 0 aliphatic heterocycles. The zero-order chi connectivity index (χ0) is 15.5. The molecule has 5 nitrogen and oxygen atoms in total. The molecule has 0 fully saturated rings. The summed E-state index contributed by atoms with van der Waals surface area (Å²) in [5.74, 6) is 0. The lowest BCUT2D eigenvalue weighted by Gasteiger charge is -2.15. The number of nitrogens with one attached hydrogen (secondary N) is 2. The van der Waals surface area contributed by atoms with Crippen molar-refractivity contribution in [2.24, 2.45) is 5.73 Å². The summed E-state index contributed by atoms with van der Waals surface area (Å²) in [5, 5.41) is 14.6. The van der Waals surface area contributed by atoms with Gasteiger partial charge in [0.2, 0.25) is 0 Å². The lowest BCUT2D eigenvalue weighted by molar-refractivity contribution is 0.237. The van der Waals surface area contributed by atoms with Gasteiger partial charge in [0.15, 0.2) is 0 Å². The first kappa shape index (κ1) is 17.5. The number of hydrogen-bond donors (Lipinski definition) is 4. The van der Waals surface area contributed by atoms with Crippen molar-refractivity contribution in [3.63, 3.8) is 0 Å². The third kappa shape index (κ3) is 8.32. The van der Waals surface area contributed by atoms with Crippen molar-refractivity contribution in [1.82, 2.24) is 10.6 Å². The van der Waals surface area contributed by atoms with Gasteiger partial charge in [0, 0.05) is 18.6 Å². The molecule has 0 aromatic heterocycles. The van der Waals surface area contributed by atoms with Crippen LogP contribution in [0.4, 0.5) is 4.79 Å². The van der Waals surface area contributed by atoms with Gasteiger partial charge in [0.05, 0.1) is 6.61 Å². The van der Waals surface area contributed by atoms with Crippen LogP contribution in [0, 0.1) is 0 Å². The number of hydrogen-bond acceptors (Lipinski definition) is 3. The quantitative estimate of drug-likeness (QED) is 0.519. The lowest BCUT2D eigenvalue weighted by Crippen LogP contribution is -2.42. The second-order valence-corrected chi connectivity index (χ2v) is 5.43. The summed E-state index contributed by atoms with van der Waals surface area (Å²) in [5.41, 5.74) is 6.82. The Morgan fingerprint density at radius 3 is 2.67 bits per heavy atom. The van der Waals surface area contributed by atoms with Crippen molar-refractivity contribution in [3.8, 4) is 0 Å². The molecule has 0 aliphatic carbocycles. The van der Waals surface area contributed by atoms with Gasteiger partial charge >= 0.3 is 6.03 Å². The van der Waals surface area contributed by atoms with Crippen LogP contribution in [-0.4, -0.2) is 36.4 Å². The average molecular weight is 293 g/mol. The molecular formula is C16H27N3O2. The number of carbonyl (C=O) groups excluding carboxylic acids is 1. The van der Waals surface area contributed by atoms with E-state index in [1.54, 1.807) is 0 Å². The van der Waals surface area contributed by atoms with Crippen molar-refractivity contribution in [2.45, 2.75) is 44.7 Å². The summed E-state index contributed by atoms with van der Waals surface area (Å²) in [7, 11) is 0. The highest BCUT2D eigenvalue weighted by molar-refractivity contribution is 5.74. The normalized spacial score (nSPS) is 13.5. The van der Waals surface area contributed by atoms with E-state index >= 15 is 0 Å². The van der Waals surface area contributed by atoms with Gasteiger partial charge in [-0.25, -0.2) is 4.79 Å². The number of amides is 2. The number of benzene rings is 1. The number of unbranched alkanes of at least 4 members (excludes halogenated alkanes) is 1. The van der Waals surface area contributed by atoms with E-state index in [4.69, 9.17) is 10.8 Å². The van der Waals surface area contributed by atoms with E-state index in [9.17, 15) is 4.79 Å². The van der Waals surface area contributed by atoms with Crippen LogP contribution in [0.25, 0.3) is 0 Å². The number of urea groups is 1. The predicted octanol–water partition coefficient (Wildman–Crippen LogP) is 1.41. The molecule has 0 saturated heterocycles. The molecule has 0 aliphatic rings. The van der Waals surface area contributed by atoms with Gasteiger partial charge in [-0.15, -0.1) is 0 Å². The van der Waals surface area contributed by atoms with E-state index in [1.165, 1.54) is 5.56 Å². The Kier molecular flexibility index (Phi) is 8.47.